The second-order valence-electron chi connectivity index (χ2n) is 6.08. The SMILES string of the molecule is Cc1nc(-c2cccc(NC(=O)c3cccc4cccnc34)c2)oc1C. The van der Waals surface area contributed by atoms with Crippen LogP contribution in [-0.4, -0.2) is 15.9 Å². The molecule has 0 atom stereocenters. The van der Waals surface area contributed by atoms with Crippen molar-refractivity contribution in [2.45, 2.75) is 13.8 Å². The summed E-state index contributed by atoms with van der Waals surface area (Å²) in [6.45, 7) is 3.78. The second kappa shape index (κ2) is 6.44. The number of anilines is 1. The minimum Gasteiger partial charge on any atom is -0.441 e. The van der Waals surface area contributed by atoms with Crippen molar-refractivity contribution < 1.29 is 9.21 Å². The number of pyridine rings is 1. The molecule has 0 saturated heterocycles. The summed E-state index contributed by atoms with van der Waals surface area (Å²) in [5.74, 6) is 1.13. The predicted molar refractivity (Wildman–Crippen MR) is 101 cm³/mol. The highest BCUT2D eigenvalue weighted by Gasteiger charge is 2.13. The standard InChI is InChI=1S/C21H17N3O2/c1-13-14(2)26-21(23-13)16-7-3-9-17(12-16)24-20(25)18-10-4-6-15-8-5-11-22-19(15)18/h3-12H,1-2H3,(H,24,25). The van der Waals surface area contributed by atoms with Gasteiger partial charge in [0.1, 0.15) is 5.76 Å². The van der Waals surface area contributed by atoms with Crippen molar-refractivity contribution in [3.05, 3.63) is 77.8 Å². The van der Waals surface area contributed by atoms with Crippen LogP contribution in [0.15, 0.2) is 65.2 Å². The van der Waals surface area contributed by atoms with Crippen LogP contribution in [0.25, 0.3) is 22.4 Å². The number of amides is 1. The number of aryl methyl sites for hydroxylation is 2. The number of fused-ring (bicyclic) bond motifs is 1. The highest BCUT2D eigenvalue weighted by Crippen LogP contribution is 2.25. The Labute approximate surface area is 150 Å². The predicted octanol–water partition coefficient (Wildman–Crippen LogP) is 4.76. The number of benzene rings is 2. The van der Waals surface area contributed by atoms with E-state index >= 15 is 0 Å². The lowest BCUT2D eigenvalue weighted by Gasteiger charge is -2.08. The molecule has 5 nitrogen and oxygen atoms in total. The lowest BCUT2D eigenvalue weighted by atomic mass is 10.1. The molecule has 1 amide bonds. The third-order valence-electron chi connectivity index (χ3n) is 4.27. The molecule has 0 radical (unpaired) electrons. The fourth-order valence-electron chi connectivity index (χ4n) is 2.81. The van der Waals surface area contributed by atoms with Gasteiger partial charge in [0.05, 0.1) is 16.8 Å². The molecule has 0 aliphatic heterocycles. The monoisotopic (exact) mass is 343 g/mol. The molecule has 0 bridgehead atoms. The van der Waals surface area contributed by atoms with Gasteiger partial charge in [0.15, 0.2) is 0 Å². The molecule has 2 aromatic carbocycles. The summed E-state index contributed by atoms with van der Waals surface area (Å²) in [4.78, 5) is 21.5. The Bertz CT molecular complexity index is 1090. The van der Waals surface area contributed by atoms with Gasteiger partial charge in [0, 0.05) is 22.8 Å². The zero-order chi connectivity index (χ0) is 18.1. The zero-order valence-electron chi connectivity index (χ0n) is 14.5. The number of nitrogens with one attached hydrogen (secondary N) is 1. The average Bonchev–Trinajstić information content (AvgIpc) is 3.00. The molecule has 0 unspecified atom stereocenters. The van der Waals surface area contributed by atoms with Crippen molar-refractivity contribution in [1.29, 1.82) is 0 Å². The molecule has 0 aliphatic carbocycles. The molecule has 2 aromatic heterocycles. The van der Waals surface area contributed by atoms with Crippen LogP contribution in [0, 0.1) is 13.8 Å². The van der Waals surface area contributed by atoms with Gasteiger partial charge < -0.3 is 9.73 Å². The zero-order valence-corrected chi connectivity index (χ0v) is 14.5. The Hall–Kier alpha value is -3.47. The lowest BCUT2D eigenvalue weighted by molar-refractivity contribution is 0.102. The summed E-state index contributed by atoms with van der Waals surface area (Å²) < 4.78 is 5.67. The van der Waals surface area contributed by atoms with Crippen LogP contribution in [0.5, 0.6) is 0 Å². The molecular weight excluding hydrogens is 326 g/mol. The highest BCUT2D eigenvalue weighted by atomic mass is 16.4. The van der Waals surface area contributed by atoms with Gasteiger partial charge in [-0.2, -0.15) is 0 Å². The van der Waals surface area contributed by atoms with Crippen molar-refractivity contribution in [3.63, 3.8) is 0 Å². The normalized spacial score (nSPS) is 10.8. The molecule has 0 fully saturated rings. The Balaban J connectivity index is 1.65. The van der Waals surface area contributed by atoms with Crippen LogP contribution in [0.2, 0.25) is 0 Å². The number of rotatable bonds is 3. The van der Waals surface area contributed by atoms with E-state index < -0.39 is 0 Å². The molecule has 1 N–H and O–H groups in total. The lowest BCUT2D eigenvalue weighted by Crippen LogP contribution is -2.12. The number of oxazole rings is 1. The van der Waals surface area contributed by atoms with Crippen LogP contribution >= 0.6 is 0 Å². The third-order valence-corrected chi connectivity index (χ3v) is 4.27. The van der Waals surface area contributed by atoms with Gasteiger partial charge in [0.2, 0.25) is 5.89 Å². The van der Waals surface area contributed by atoms with E-state index in [9.17, 15) is 4.79 Å². The van der Waals surface area contributed by atoms with Crippen molar-refractivity contribution >= 4 is 22.5 Å². The molecule has 0 spiro atoms. The van der Waals surface area contributed by atoms with Crippen LogP contribution in [-0.2, 0) is 0 Å². The van der Waals surface area contributed by atoms with Crippen molar-refractivity contribution in [3.8, 4) is 11.5 Å². The first-order valence-corrected chi connectivity index (χ1v) is 8.31. The van der Waals surface area contributed by atoms with E-state index in [1.54, 1.807) is 12.3 Å². The van der Waals surface area contributed by atoms with E-state index in [4.69, 9.17) is 4.42 Å². The third kappa shape index (κ3) is 2.95. The fourth-order valence-corrected chi connectivity index (χ4v) is 2.81. The maximum atomic E-state index is 12.7. The number of aromatic nitrogens is 2. The van der Waals surface area contributed by atoms with Gasteiger partial charge in [-0.05, 0) is 44.2 Å². The van der Waals surface area contributed by atoms with Gasteiger partial charge in [0.25, 0.3) is 5.91 Å². The summed E-state index contributed by atoms with van der Waals surface area (Å²) in [5, 5.41) is 3.86. The van der Waals surface area contributed by atoms with Gasteiger partial charge in [-0.25, -0.2) is 4.98 Å². The van der Waals surface area contributed by atoms with Gasteiger partial charge in [-0.3, -0.25) is 9.78 Å². The van der Waals surface area contributed by atoms with Crippen molar-refractivity contribution in [2.75, 3.05) is 5.32 Å². The van der Waals surface area contributed by atoms with Gasteiger partial charge in [-0.1, -0.05) is 24.3 Å². The maximum absolute atomic E-state index is 12.7. The van der Waals surface area contributed by atoms with E-state index in [-0.39, 0.29) is 5.91 Å². The molecule has 0 saturated carbocycles. The number of carbonyl (C=O) groups is 1. The molecule has 5 heteroatoms. The Morgan fingerprint density at radius 1 is 1.04 bits per heavy atom. The van der Waals surface area contributed by atoms with Gasteiger partial charge in [-0.15, -0.1) is 0 Å². The quantitative estimate of drug-likeness (QED) is 0.582. The van der Waals surface area contributed by atoms with E-state index in [2.05, 4.69) is 15.3 Å². The largest absolute Gasteiger partial charge is 0.441 e. The number of carbonyl (C=O) groups excluding carboxylic acids is 1. The van der Waals surface area contributed by atoms with Crippen molar-refractivity contribution in [1.82, 2.24) is 9.97 Å². The van der Waals surface area contributed by atoms with Crippen LogP contribution in [0.1, 0.15) is 21.8 Å². The van der Waals surface area contributed by atoms with Crippen molar-refractivity contribution in [2.24, 2.45) is 0 Å². The minimum atomic E-state index is -0.203. The summed E-state index contributed by atoms with van der Waals surface area (Å²) in [7, 11) is 0. The second-order valence-corrected chi connectivity index (χ2v) is 6.08. The summed E-state index contributed by atoms with van der Waals surface area (Å²) in [6.07, 6.45) is 1.69. The highest BCUT2D eigenvalue weighted by molar-refractivity contribution is 6.11. The first-order chi connectivity index (χ1) is 12.6. The van der Waals surface area contributed by atoms with E-state index in [1.165, 1.54) is 0 Å². The van der Waals surface area contributed by atoms with E-state index in [0.717, 1.165) is 22.4 Å². The molecular formula is C21H17N3O2. The van der Waals surface area contributed by atoms with Crippen LogP contribution < -0.4 is 5.32 Å². The summed E-state index contributed by atoms with van der Waals surface area (Å²) >= 11 is 0. The van der Waals surface area contributed by atoms with Crippen LogP contribution in [0.4, 0.5) is 5.69 Å². The smallest absolute Gasteiger partial charge is 0.257 e. The van der Waals surface area contributed by atoms with E-state index in [1.807, 2.05) is 62.4 Å². The summed E-state index contributed by atoms with van der Waals surface area (Å²) in [6, 6.07) is 16.8. The molecule has 4 aromatic rings. The number of para-hydroxylation sites is 1. The first kappa shape index (κ1) is 16.0. The average molecular weight is 343 g/mol. The Kier molecular flexibility index (Phi) is 3.97. The maximum Gasteiger partial charge on any atom is 0.257 e. The molecule has 26 heavy (non-hydrogen) atoms. The fraction of sp³-hybridized carbons (Fsp3) is 0.0952. The topological polar surface area (TPSA) is 68.0 Å². The number of hydrogen-bond donors (Lipinski definition) is 1. The Morgan fingerprint density at radius 2 is 1.85 bits per heavy atom. The molecule has 128 valence electrons. The van der Waals surface area contributed by atoms with Gasteiger partial charge >= 0.3 is 0 Å². The summed E-state index contributed by atoms with van der Waals surface area (Å²) in [5.41, 5.74) is 3.57. The number of hydrogen-bond acceptors (Lipinski definition) is 4. The van der Waals surface area contributed by atoms with Crippen LogP contribution in [0.3, 0.4) is 0 Å². The molecule has 2 heterocycles. The molecule has 4 rings (SSSR count). The van der Waals surface area contributed by atoms with E-state index in [0.29, 0.717) is 22.7 Å². The minimum absolute atomic E-state index is 0.203. The number of nitrogens with zero attached hydrogens (tertiary/aromatic N) is 2. The molecule has 0 aliphatic rings. The Morgan fingerprint density at radius 3 is 2.65 bits per heavy atom. The first-order valence-electron chi connectivity index (χ1n) is 8.31.